The van der Waals surface area contributed by atoms with Crippen LogP contribution in [0.15, 0.2) is 0 Å². The minimum absolute atomic E-state index is 0.229. The zero-order valence-corrected chi connectivity index (χ0v) is 7.75. The van der Waals surface area contributed by atoms with E-state index in [1.807, 2.05) is 0 Å². The number of carbonyl (C=O) groups is 1. The van der Waals surface area contributed by atoms with Gasteiger partial charge in [0, 0.05) is 0 Å². The Morgan fingerprint density at radius 2 is 1.83 bits per heavy atom. The summed E-state index contributed by atoms with van der Waals surface area (Å²) in [4.78, 5) is 9.05. The molecular formula is C6H11BrO5. The van der Waals surface area contributed by atoms with Gasteiger partial charge in [0.1, 0.15) is 18.5 Å². The Kier molecular flexibility index (Phi) is 5.60. The lowest BCUT2D eigenvalue weighted by Gasteiger charge is -2.22. The van der Waals surface area contributed by atoms with E-state index >= 15 is 0 Å². The van der Waals surface area contributed by atoms with E-state index in [-0.39, 0.29) is 6.29 Å². The van der Waals surface area contributed by atoms with Crippen molar-refractivity contribution >= 4 is 22.2 Å². The van der Waals surface area contributed by atoms with Crippen molar-refractivity contribution in [2.24, 2.45) is 0 Å². The van der Waals surface area contributed by atoms with E-state index in [1.165, 1.54) is 0 Å². The highest BCUT2D eigenvalue weighted by Crippen LogP contribution is 2.12. The molecule has 0 aromatic carbocycles. The van der Waals surface area contributed by atoms with Gasteiger partial charge in [0.05, 0.1) is 17.5 Å². The molecule has 12 heavy (non-hydrogen) atoms. The van der Waals surface area contributed by atoms with Crippen molar-refractivity contribution < 1.29 is 25.2 Å². The third-order valence-corrected chi connectivity index (χ3v) is 2.46. The minimum atomic E-state index is -1.40. The summed E-state index contributed by atoms with van der Waals surface area (Å²) >= 11 is 2.81. The lowest BCUT2D eigenvalue weighted by molar-refractivity contribution is -0.117. The molecule has 0 aliphatic carbocycles. The fourth-order valence-corrected chi connectivity index (χ4v) is 1.07. The number of carbonyl (C=O) groups excluding carboxylic acids is 1. The van der Waals surface area contributed by atoms with Gasteiger partial charge < -0.3 is 25.2 Å². The Balaban J connectivity index is 4.07. The lowest BCUT2D eigenvalue weighted by atomic mass is 10.1. The number of hydrogen-bond acceptors (Lipinski definition) is 5. The molecule has 4 N–H and O–H groups in total. The fraction of sp³-hybridized carbons (Fsp3) is 0.833. The topological polar surface area (TPSA) is 98.0 Å². The highest BCUT2D eigenvalue weighted by Gasteiger charge is 2.29. The number of aliphatic hydroxyl groups is 4. The van der Waals surface area contributed by atoms with Crippen LogP contribution < -0.4 is 0 Å². The van der Waals surface area contributed by atoms with Crippen LogP contribution in [0.1, 0.15) is 0 Å². The molecule has 0 aliphatic rings. The van der Waals surface area contributed by atoms with Crippen LogP contribution in [0.2, 0.25) is 0 Å². The zero-order chi connectivity index (χ0) is 9.72. The highest BCUT2D eigenvalue weighted by molar-refractivity contribution is 9.09. The second-order valence-electron chi connectivity index (χ2n) is 2.31. The standard InChI is InChI=1S/C6H11BrO5/c7-5(3(10)1-8)6(12)4(11)2-9/h1,3-6,9-12H,2H2/t3-,4+,5-,6+/m0/s1. The van der Waals surface area contributed by atoms with Crippen molar-refractivity contribution in [2.75, 3.05) is 6.61 Å². The molecule has 6 heteroatoms. The highest BCUT2D eigenvalue weighted by atomic mass is 79.9. The Morgan fingerprint density at radius 1 is 1.33 bits per heavy atom. The summed E-state index contributed by atoms with van der Waals surface area (Å²) in [5.74, 6) is 0. The molecule has 4 atom stereocenters. The summed E-state index contributed by atoms with van der Waals surface area (Å²) in [5, 5.41) is 35.3. The number of aldehydes is 1. The number of halogens is 1. The molecule has 0 radical (unpaired) electrons. The van der Waals surface area contributed by atoms with Gasteiger partial charge >= 0.3 is 0 Å². The Bertz CT molecular complexity index is 142. The predicted molar refractivity (Wildman–Crippen MR) is 43.9 cm³/mol. The van der Waals surface area contributed by atoms with Crippen molar-refractivity contribution in [3.05, 3.63) is 0 Å². The van der Waals surface area contributed by atoms with Gasteiger partial charge in [0.15, 0.2) is 0 Å². The Hall–Kier alpha value is -0.0100. The first-order chi connectivity index (χ1) is 5.54. The summed E-state index contributed by atoms with van der Waals surface area (Å²) in [6.07, 6.45) is -3.92. The maximum atomic E-state index is 10.0. The van der Waals surface area contributed by atoms with Crippen LogP contribution in [0.5, 0.6) is 0 Å². The van der Waals surface area contributed by atoms with Crippen molar-refractivity contribution in [3.63, 3.8) is 0 Å². The lowest BCUT2D eigenvalue weighted by Crippen LogP contribution is -2.42. The van der Waals surface area contributed by atoms with Gasteiger partial charge in [0.2, 0.25) is 0 Å². The molecule has 0 bridgehead atoms. The van der Waals surface area contributed by atoms with Crippen LogP contribution in [-0.4, -0.2) is 56.5 Å². The normalized spacial score (nSPS) is 21.1. The van der Waals surface area contributed by atoms with Crippen molar-refractivity contribution in [3.8, 4) is 0 Å². The molecule has 0 aromatic rings. The van der Waals surface area contributed by atoms with Crippen LogP contribution in [0, 0.1) is 0 Å². The van der Waals surface area contributed by atoms with E-state index in [0.29, 0.717) is 0 Å². The van der Waals surface area contributed by atoms with E-state index in [2.05, 4.69) is 15.9 Å². The van der Waals surface area contributed by atoms with Gasteiger partial charge in [-0.3, -0.25) is 0 Å². The summed E-state index contributed by atoms with van der Waals surface area (Å²) in [6.45, 7) is -0.630. The largest absolute Gasteiger partial charge is 0.394 e. The van der Waals surface area contributed by atoms with E-state index in [9.17, 15) is 4.79 Å². The van der Waals surface area contributed by atoms with Gasteiger partial charge in [0.25, 0.3) is 0 Å². The molecular weight excluding hydrogens is 232 g/mol. The molecule has 0 saturated carbocycles. The van der Waals surface area contributed by atoms with Crippen LogP contribution in [0.4, 0.5) is 0 Å². The van der Waals surface area contributed by atoms with Crippen molar-refractivity contribution in [1.82, 2.24) is 0 Å². The fourth-order valence-electron chi connectivity index (χ4n) is 0.597. The van der Waals surface area contributed by atoms with Gasteiger partial charge in [-0.25, -0.2) is 0 Å². The van der Waals surface area contributed by atoms with Crippen molar-refractivity contribution in [2.45, 2.75) is 23.1 Å². The van der Waals surface area contributed by atoms with Crippen molar-refractivity contribution in [1.29, 1.82) is 0 Å². The minimum Gasteiger partial charge on any atom is -0.394 e. The smallest absolute Gasteiger partial charge is 0.149 e. The average Bonchev–Trinajstić information content (AvgIpc) is 2.12. The molecule has 0 spiro atoms. The van der Waals surface area contributed by atoms with Gasteiger partial charge in [-0.1, -0.05) is 15.9 Å². The maximum absolute atomic E-state index is 10.0. The molecule has 72 valence electrons. The third-order valence-electron chi connectivity index (χ3n) is 1.37. The molecule has 0 fully saturated rings. The van der Waals surface area contributed by atoms with Crippen LogP contribution >= 0.6 is 15.9 Å². The Morgan fingerprint density at radius 3 is 2.17 bits per heavy atom. The average molecular weight is 243 g/mol. The van der Waals surface area contributed by atoms with Gasteiger partial charge in [-0.15, -0.1) is 0 Å². The van der Waals surface area contributed by atoms with E-state index in [4.69, 9.17) is 20.4 Å². The number of rotatable bonds is 5. The van der Waals surface area contributed by atoms with E-state index < -0.39 is 29.7 Å². The molecule has 0 unspecified atom stereocenters. The predicted octanol–water partition coefficient (Wildman–Crippen LogP) is -1.98. The van der Waals surface area contributed by atoms with Crippen LogP contribution in [0.25, 0.3) is 0 Å². The Labute approximate surface area is 77.8 Å². The number of aliphatic hydroxyl groups excluding tert-OH is 4. The number of alkyl halides is 1. The molecule has 0 amide bonds. The third kappa shape index (κ3) is 3.16. The van der Waals surface area contributed by atoms with Crippen LogP contribution in [0.3, 0.4) is 0 Å². The molecule has 0 rings (SSSR count). The summed E-state index contributed by atoms with van der Waals surface area (Å²) in [5.41, 5.74) is 0. The zero-order valence-electron chi connectivity index (χ0n) is 6.17. The second kappa shape index (κ2) is 5.60. The first kappa shape index (κ1) is 12.0. The first-order valence-electron chi connectivity index (χ1n) is 3.29. The van der Waals surface area contributed by atoms with E-state index in [0.717, 1.165) is 0 Å². The molecule has 5 nitrogen and oxygen atoms in total. The number of hydrogen-bond donors (Lipinski definition) is 4. The maximum Gasteiger partial charge on any atom is 0.149 e. The molecule has 0 saturated heterocycles. The monoisotopic (exact) mass is 242 g/mol. The summed E-state index contributed by atoms with van der Waals surface area (Å²) in [7, 11) is 0. The SMILES string of the molecule is O=C[C@H](O)[C@H](Br)[C@H](O)[C@H](O)CO. The second-order valence-corrected chi connectivity index (χ2v) is 3.37. The van der Waals surface area contributed by atoms with Gasteiger partial charge in [-0.05, 0) is 0 Å². The first-order valence-corrected chi connectivity index (χ1v) is 4.20. The van der Waals surface area contributed by atoms with Crippen LogP contribution in [-0.2, 0) is 4.79 Å². The molecule has 0 aliphatic heterocycles. The van der Waals surface area contributed by atoms with E-state index in [1.54, 1.807) is 0 Å². The molecule has 0 heterocycles. The quantitative estimate of drug-likeness (QED) is 0.331. The molecule has 0 aromatic heterocycles. The summed E-state index contributed by atoms with van der Waals surface area (Å²) in [6, 6.07) is 0. The van der Waals surface area contributed by atoms with Gasteiger partial charge in [-0.2, -0.15) is 0 Å². The summed E-state index contributed by atoms with van der Waals surface area (Å²) < 4.78 is 0.